The second kappa shape index (κ2) is 12.6. The van der Waals surface area contributed by atoms with Crippen molar-refractivity contribution in [3.8, 4) is 45.3 Å². The Labute approximate surface area is 248 Å². The van der Waals surface area contributed by atoms with Crippen LogP contribution in [-0.4, -0.2) is 46.8 Å². The summed E-state index contributed by atoms with van der Waals surface area (Å²) in [4.78, 5) is 39.8. The topological polar surface area (TPSA) is 172 Å². The molecule has 0 aliphatic heterocycles. The third-order valence-electron chi connectivity index (χ3n) is 6.39. The van der Waals surface area contributed by atoms with Crippen molar-refractivity contribution in [3.05, 3.63) is 53.6 Å². The molecular formula is C28H36O11P2S. The highest BCUT2D eigenvalue weighted by Gasteiger charge is 2.35. The van der Waals surface area contributed by atoms with E-state index >= 15 is 0 Å². The first-order valence-electron chi connectivity index (χ1n) is 12.6. The van der Waals surface area contributed by atoms with Crippen LogP contribution in [0, 0.1) is 0 Å². The van der Waals surface area contributed by atoms with Crippen LogP contribution >= 0.6 is 17.2 Å². The Kier molecular flexibility index (Phi) is 10.2. The van der Waals surface area contributed by atoms with Crippen molar-refractivity contribution >= 4 is 27.3 Å². The minimum absolute atomic E-state index is 0.0577. The molecule has 3 rings (SSSR count). The molecule has 0 fully saturated rings. The van der Waals surface area contributed by atoms with Crippen LogP contribution in [0.2, 0.25) is 0 Å². The van der Waals surface area contributed by atoms with Crippen LogP contribution < -0.4 is 18.5 Å². The number of rotatable bonds is 9. The molecule has 0 saturated heterocycles. The number of methoxy groups -OCH3 is 2. The number of hydrogen-bond acceptors (Lipinski definition) is 10. The zero-order valence-electron chi connectivity index (χ0n) is 24.5. The lowest BCUT2D eigenvalue weighted by atomic mass is 9.78. The lowest BCUT2D eigenvalue weighted by Gasteiger charge is -2.31. The van der Waals surface area contributed by atoms with Crippen molar-refractivity contribution in [2.45, 2.75) is 57.3 Å². The van der Waals surface area contributed by atoms with Gasteiger partial charge in [-0.1, -0.05) is 59.7 Å². The van der Waals surface area contributed by atoms with E-state index in [-0.39, 0.29) is 39.5 Å². The molecule has 3 aromatic rings. The average Bonchev–Trinajstić information content (AvgIpc) is 2.86. The minimum atomic E-state index is -4.70. The molecule has 0 amide bonds. The molecule has 0 aromatic heterocycles. The van der Waals surface area contributed by atoms with Gasteiger partial charge in [-0.3, -0.25) is 4.55 Å². The fourth-order valence-corrected chi connectivity index (χ4v) is 6.13. The number of ether oxygens (including phenoxy) is 2. The fraction of sp³-hybridized carbons (Fsp3) is 0.357. The molecular weight excluding hydrogens is 606 g/mol. The summed E-state index contributed by atoms with van der Waals surface area (Å²) >= 11 is 0. The van der Waals surface area contributed by atoms with Crippen LogP contribution in [0.3, 0.4) is 0 Å². The fourth-order valence-electron chi connectivity index (χ4n) is 4.72. The average molecular weight is 643 g/mol. The van der Waals surface area contributed by atoms with Crippen molar-refractivity contribution in [2.75, 3.05) is 14.2 Å². The van der Waals surface area contributed by atoms with E-state index in [9.17, 15) is 32.5 Å². The van der Waals surface area contributed by atoms with E-state index in [1.807, 2.05) is 20.8 Å². The number of hydrogen-bond donors (Lipinski definition) is 5. The number of benzene rings is 3. The Morgan fingerprint density at radius 1 is 0.714 bits per heavy atom. The maximum absolute atomic E-state index is 12.4. The van der Waals surface area contributed by atoms with Gasteiger partial charge in [-0.15, -0.1) is 0 Å². The van der Waals surface area contributed by atoms with Gasteiger partial charge < -0.3 is 38.1 Å². The van der Waals surface area contributed by atoms with Crippen LogP contribution in [0.15, 0.2) is 47.4 Å². The zero-order chi connectivity index (χ0) is 31.8. The molecule has 0 bridgehead atoms. The van der Waals surface area contributed by atoms with Gasteiger partial charge in [-0.25, -0.2) is 0 Å². The molecule has 0 unspecified atom stereocenters. The van der Waals surface area contributed by atoms with Gasteiger partial charge in [0.25, 0.3) is 10.1 Å². The van der Waals surface area contributed by atoms with Gasteiger partial charge in [0.05, 0.1) is 14.2 Å². The highest BCUT2D eigenvalue weighted by Crippen LogP contribution is 2.56. The van der Waals surface area contributed by atoms with Gasteiger partial charge >= 0.3 is 17.2 Å². The molecule has 42 heavy (non-hydrogen) atoms. The predicted molar refractivity (Wildman–Crippen MR) is 162 cm³/mol. The maximum atomic E-state index is 12.4. The van der Waals surface area contributed by atoms with E-state index in [2.05, 4.69) is 0 Å². The first-order valence-corrected chi connectivity index (χ1v) is 16.3. The SMILES string of the molecule is COc1cc(-c2cc(OC)c(-c3ccccc3S(=O)(=O)O)c(C(C)(C)C)c2OP(O)O)c(OP(O)O)c(C(C)(C)C)c1. The van der Waals surface area contributed by atoms with E-state index in [4.69, 9.17) is 18.5 Å². The van der Waals surface area contributed by atoms with Gasteiger partial charge in [-0.2, -0.15) is 8.42 Å². The van der Waals surface area contributed by atoms with Crippen molar-refractivity contribution in [1.82, 2.24) is 0 Å². The Hall–Kier alpha value is -2.53. The third-order valence-corrected chi connectivity index (χ3v) is 7.99. The van der Waals surface area contributed by atoms with Crippen LogP contribution in [0.25, 0.3) is 22.3 Å². The second-order valence-electron chi connectivity index (χ2n) is 11.4. The summed E-state index contributed by atoms with van der Waals surface area (Å²) < 4.78 is 57.5. The molecule has 0 radical (unpaired) electrons. The van der Waals surface area contributed by atoms with Gasteiger partial charge in [-0.05, 0) is 35.1 Å². The van der Waals surface area contributed by atoms with Gasteiger partial charge in [0, 0.05) is 33.4 Å². The summed E-state index contributed by atoms with van der Waals surface area (Å²) in [5, 5.41) is 0. The highest BCUT2D eigenvalue weighted by atomic mass is 32.2. The third kappa shape index (κ3) is 7.33. The molecule has 5 N–H and O–H groups in total. The lowest BCUT2D eigenvalue weighted by molar-refractivity contribution is 0.364. The second-order valence-corrected chi connectivity index (χ2v) is 14.2. The predicted octanol–water partition coefficient (Wildman–Crippen LogP) is 6.06. The minimum Gasteiger partial charge on any atom is -0.497 e. The molecule has 0 aliphatic carbocycles. The van der Waals surface area contributed by atoms with Crippen molar-refractivity contribution in [2.24, 2.45) is 0 Å². The molecule has 0 atom stereocenters. The molecule has 0 heterocycles. The van der Waals surface area contributed by atoms with Gasteiger partial charge in [0.1, 0.15) is 27.9 Å². The van der Waals surface area contributed by atoms with E-state index < -0.39 is 43.0 Å². The Bertz CT molecular complexity index is 1560. The summed E-state index contributed by atoms with van der Waals surface area (Å²) in [5.74, 6) is 0.566. The van der Waals surface area contributed by atoms with Crippen molar-refractivity contribution in [1.29, 1.82) is 0 Å². The lowest BCUT2D eigenvalue weighted by Crippen LogP contribution is -2.17. The van der Waals surface area contributed by atoms with Crippen LogP contribution in [-0.2, 0) is 20.9 Å². The molecule has 14 heteroatoms. The molecule has 0 aliphatic rings. The smallest absolute Gasteiger partial charge is 0.391 e. The van der Waals surface area contributed by atoms with E-state index in [0.717, 1.165) is 0 Å². The van der Waals surface area contributed by atoms with Crippen LogP contribution in [0.4, 0.5) is 0 Å². The molecule has 0 spiro atoms. The summed E-state index contributed by atoms with van der Waals surface area (Å²) in [5.41, 5.74) is 0.176. The Morgan fingerprint density at radius 3 is 1.74 bits per heavy atom. The standard InChI is InChI=1S/C28H36O11P2S/c1-27(2,3)20-14-16(36-7)13-18(25(20)38-40(29)30)19-15-21(37-8)23(17-11-9-10-12-22(17)42(33,34)35)24(28(4,5)6)26(19)39-41(31)32/h9-15,29-32H,1-8H3,(H,33,34,35). The first-order chi connectivity index (χ1) is 19.3. The van der Waals surface area contributed by atoms with Crippen LogP contribution in [0.1, 0.15) is 52.7 Å². The maximum Gasteiger partial charge on any atom is 0.391 e. The monoisotopic (exact) mass is 642 g/mol. The van der Waals surface area contributed by atoms with Crippen molar-refractivity contribution in [3.63, 3.8) is 0 Å². The van der Waals surface area contributed by atoms with Gasteiger partial charge in [0.2, 0.25) is 0 Å². The first kappa shape index (κ1) is 34.0. The molecule has 3 aromatic carbocycles. The molecule has 0 saturated carbocycles. The van der Waals surface area contributed by atoms with Gasteiger partial charge in [0.15, 0.2) is 0 Å². The molecule has 11 nitrogen and oxygen atoms in total. The summed E-state index contributed by atoms with van der Waals surface area (Å²) in [6.07, 6.45) is 0. The molecule has 230 valence electrons. The summed E-state index contributed by atoms with van der Waals surface area (Å²) in [7, 11) is -7.76. The highest BCUT2D eigenvalue weighted by molar-refractivity contribution is 7.86. The largest absolute Gasteiger partial charge is 0.497 e. The van der Waals surface area contributed by atoms with E-state index in [0.29, 0.717) is 16.9 Å². The quantitative estimate of drug-likeness (QED) is 0.136. The summed E-state index contributed by atoms with van der Waals surface area (Å²) in [6.45, 7) is 11.1. The van der Waals surface area contributed by atoms with Crippen LogP contribution in [0.5, 0.6) is 23.0 Å². The summed E-state index contributed by atoms with van der Waals surface area (Å²) in [6, 6.07) is 10.5. The zero-order valence-corrected chi connectivity index (χ0v) is 27.1. The van der Waals surface area contributed by atoms with Crippen molar-refractivity contribution < 1.29 is 51.1 Å². The van der Waals surface area contributed by atoms with E-state index in [1.165, 1.54) is 38.5 Å². The normalized spacial score (nSPS) is 12.5. The Morgan fingerprint density at radius 2 is 1.26 bits per heavy atom. The van der Waals surface area contributed by atoms with E-state index in [1.54, 1.807) is 39.0 Å². The Balaban J connectivity index is 2.69.